The van der Waals surface area contributed by atoms with Crippen molar-refractivity contribution in [2.75, 3.05) is 26.3 Å². The Bertz CT molecular complexity index is 1340. The van der Waals surface area contributed by atoms with Crippen LogP contribution in [0.3, 0.4) is 0 Å². The maximum Gasteiger partial charge on any atom is 0.453 e. The number of hydrogen-bond acceptors (Lipinski definition) is 6. The number of benzene rings is 3. The van der Waals surface area contributed by atoms with Crippen molar-refractivity contribution in [3.63, 3.8) is 0 Å². The molecule has 1 unspecified atom stereocenters. The van der Waals surface area contributed by atoms with Gasteiger partial charge in [-0.1, -0.05) is 30.3 Å². The molecule has 3 rings (SSSR count). The molecule has 0 aliphatic carbocycles. The Morgan fingerprint density at radius 1 is 0.800 bits per heavy atom. The molecular weight excluding hydrogens is 605 g/mol. The first-order valence-corrected chi connectivity index (χ1v) is 14.2. The van der Waals surface area contributed by atoms with Crippen LogP contribution in [0.25, 0.3) is 0 Å². The summed E-state index contributed by atoms with van der Waals surface area (Å²) in [6.07, 6.45) is -9.36. The minimum Gasteiger partial charge on any atom is -0.492 e. The van der Waals surface area contributed by atoms with Crippen LogP contribution in [0.5, 0.6) is 23.0 Å². The molecule has 0 aliphatic rings. The molecule has 0 saturated carbocycles. The van der Waals surface area contributed by atoms with Gasteiger partial charge >= 0.3 is 24.2 Å². The van der Waals surface area contributed by atoms with E-state index in [0.29, 0.717) is 22.8 Å². The lowest BCUT2D eigenvalue weighted by Gasteiger charge is -2.23. The summed E-state index contributed by atoms with van der Waals surface area (Å²) in [6.45, 7) is 1.68. The zero-order valence-electron chi connectivity index (χ0n) is 24.5. The topological polar surface area (TPSA) is 94.5 Å². The molecule has 0 radical (unpaired) electrons. The summed E-state index contributed by atoms with van der Waals surface area (Å²) in [5, 5.41) is 9.26. The fraction of sp³-hybridized carbons (Fsp3) is 0.375. The van der Waals surface area contributed by atoms with E-state index in [-0.39, 0.29) is 44.9 Å². The summed E-state index contributed by atoms with van der Waals surface area (Å²) in [5.74, 6) is -4.24. The molecule has 244 valence electrons. The van der Waals surface area contributed by atoms with Crippen LogP contribution in [0, 0.1) is 0 Å². The number of nitrogens with zero attached hydrogens (tertiary/aromatic N) is 1. The Hall–Kier alpha value is -4.39. The first kappa shape index (κ1) is 35.1. The van der Waals surface area contributed by atoms with Crippen molar-refractivity contribution in [1.29, 1.82) is 0 Å². The third-order valence-corrected chi connectivity index (χ3v) is 6.47. The molecule has 0 aliphatic heterocycles. The van der Waals surface area contributed by atoms with E-state index in [2.05, 4.69) is 0 Å². The lowest BCUT2D eigenvalue weighted by molar-refractivity contribution is -0.284. The van der Waals surface area contributed by atoms with Gasteiger partial charge in [-0.15, -0.1) is 0 Å². The van der Waals surface area contributed by atoms with Crippen molar-refractivity contribution in [3.8, 4) is 23.0 Å². The van der Waals surface area contributed by atoms with Gasteiger partial charge in [0.1, 0.15) is 29.6 Å². The Morgan fingerprint density at radius 2 is 1.40 bits per heavy atom. The molecule has 0 fully saturated rings. The number of aliphatic carboxylic acids is 1. The van der Waals surface area contributed by atoms with Crippen molar-refractivity contribution in [3.05, 3.63) is 84.4 Å². The number of alkyl halides is 5. The van der Waals surface area contributed by atoms with Gasteiger partial charge in [0.15, 0.2) is 6.10 Å². The molecule has 0 bridgehead atoms. The summed E-state index contributed by atoms with van der Waals surface area (Å²) in [5.41, 5.74) is 0.698. The van der Waals surface area contributed by atoms with E-state index < -0.39 is 43.1 Å². The van der Waals surface area contributed by atoms with Crippen LogP contribution in [0.4, 0.5) is 26.7 Å². The Balaban J connectivity index is 1.59. The zero-order chi connectivity index (χ0) is 32.9. The lowest BCUT2D eigenvalue weighted by atomic mass is 10.1. The van der Waals surface area contributed by atoms with Crippen LogP contribution in [-0.4, -0.2) is 66.6 Å². The maximum absolute atomic E-state index is 13.3. The lowest BCUT2D eigenvalue weighted by Crippen LogP contribution is -2.38. The molecule has 45 heavy (non-hydrogen) atoms. The third kappa shape index (κ3) is 11.6. The van der Waals surface area contributed by atoms with E-state index in [1.54, 1.807) is 55.5 Å². The van der Waals surface area contributed by atoms with Crippen molar-refractivity contribution >= 4 is 12.1 Å². The summed E-state index contributed by atoms with van der Waals surface area (Å²) in [4.78, 5) is 25.4. The molecule has 13 heteroatoms. The molecule has 1 atom stereocenters. The van der Waals surface area contributed by atoms with Crippen LogP contribution in [-0.2, 0) is 16.0 Å². The van der Waals surface area contributed by atoms with Gasteiger partial charge in [0.05, 0.1) is 6.54 Å². The highest BCUT2D eigenvalue weighted by Gasteiger charge is 2.56. The van der Waals surface area contributed by atoms with Gasteiger partial charge in [0, 0.05) is 26.0 Å². The first-order valence-electron chi connectivity index (χ1n) is 14.2. The Kier molecular flexibility index (Phi) is 13.0. The largest absolute Gasteiger partial charge is 0.492 e. The number of para-hydroxylation sites is 1. The molecule has 0 heterocycles. The minimum absolute atomic E-state index is 0.0479. The van der Waals surface area contributed by atoms with E-state index in [0.717, 1.165) is 4.90 Å². The molecular formula is C32H34F5NO7. The number of ether oxygens (including phenoxy) is 4. The van der Waals surface area contributed by atoms with Gasteiger partial charge in [-0.05, 0) is 73.9 Å². The molecule has 1 amide bonds. The number of amides is 1. The number of hydrogen-bond donors (Lipinski definition) is 1. The highest BCUT2D eigenvalue weighted by atomic mass is 19.4. The second-order valence-electron chi connectivity index (χ2n) is 9.88. The zero-order valence-corrected chi connectivity index (χ0v) is 24.5. The predicted molar refractivity (Wildman–Crippen MR) is 154 cm³/mol. The SMILES string of the molecule is CCOC(Cc1ccc(OCCN(CCCCC(F)(F)C(F)(F)F)C(=O)Oc2ccc(Oc3ccccc3)cc2)cc1)C(=O)O. The second-order valence-corrected chi connectivity index (χ2v) is 9.88. The molecule has 8 nitrogen and oxygen atoms in total. The Morgan fingerprint density at radius 3 is 2.00 bits per heavy atom. The summed E-state index contributed by atoms with van der Waals surface area (Å²) in [7, 11) is 0. The standard InChI is InChI=1S/C32H34F5NO7/c1-2-42-28(29(39)40)22-23-10-12-24(13-11-23)43-21-20-38(19-7-6-18-31(33,34)32(35,36)37)30(41)45-27-16-14-26(15-17-27)44-25-8-4-3-5-9-25/h3-5,8-17,28H,2,6-7,18-22H2,1H3,(H,39,40). The van der Waals surface area contributed by atoms with Gasteiger partial charge in [-0.3, -0.25) is 0 Å². The summed E-state index contributed by atoms with van der Waals surface area (Å²) < 4.78 is 86.3. The maximum atomic E-state index is 13.3. The number of carboxylic acids is 1. The van der Waals surface area contributed by atoms with Crippen LogP contribution in [0.1, 0.15) is 31.7 Å². The van der Waals surface area contributed by atoms with E-state index in [4.69, 9.17) is 18.9 Å². The van der Waals surface area contributed by atoms with E-state index in [1.807, 2.05) is 18.2 Å². The molecule has 0 saturated heterocycles. The van der Waals surface area contributed by atoms with E-state index in [1.165, 1.54) is 12.1 Å². The van der Waals surface area contributed by atoms with Crippen molar-refractivity contribution in [1.82, 2.24) is 4.90 Å². The number of carbonyl (C=O) groups is 2. The normalized spacial score (nSPS) is 12.3. The first-order chi connectivity index (χ1) is 21.4. The summed E-state index contributed by atoms with van der Waals surface area (Å²) in [6, 6.07) is 21.7. The average molecular weight is 640 g/mol. The quantitative estimate of drug-likeness (QED) is 0.119. The number of carbonyl (C=O) groups excluding carboxylic acids is 1. The van der Waals surface area contributed by atoms with Crippen LogP contribution in [0.15, 0.2) is 78.9 Å². The van der Waals surface area contributed by atoms with Gasteiger partial charge in [0.25, 0.3) is 0 Å². The fourth-order valence-electron chi connectivity index (χ4n) is 4.08. The van der Waals surface area contributed by atoms with Crippen molar-refractivity contribution < 1.29 is 55.6 Å². The fourth-order valence-corrected chi connectivity index (χ4v) is 4.08. The predicted octanol–water partition coefficient (Wildman–Crippen LogP) is 7.76. The average Bonchev–Trinajstić information content (AvgIpc) is 2.99. The van der Waals surface area contributed by atoms with Crippen molar-refractivity contribution in [2.24, 2.45) is 0 Å². The van der Waals surface area contributed by atoms with Crippen LogP contribution in [0.2, 0.25) is 0 Å². The van der Waals surface area contributed by atoms with Crippen LogP contribution >= 0.6 is 0 Å². The minimum atomic E-state index is -5.65. The number of carboxylic acid groups (broad SMARTS) is 1. The highest BCUT2D eigenvalue weighted by molar-refractivity contribution is 5.72. The van der Waals surface area contributed by atoms with Gasteiger partial charge in [-0.2, -0.15) is 22.0 Å². The molecule has 3 aromatic rings. The number of unbranched alkanes of at least 4 members (excludes halogenated alkanes) is 1. The number of halogens is 5. The van der Waals surface area contributed by atoms with Gasteiger partial charge < -0.3 is 29.0 Å². The molecule has 0 spiro atoms. The summed E-state index contributed by atoms with van der Waals surface area (Å²) >= 11 is 0. The highest BCUT2D eigenvalue weighted by Crippen LogP contribution is 2.39. The van der Waals surface area contributed by atoms with Crippen molar-refractivity contribution in [2.45, 2.75) is 50.8 Å². The Labute approximate surface area is 257 Å². The van der Waals surface area contributed by atoms with E-state index in [9.17, 15) is 36.6 Å². The third-order valence-electron chi connectivity index (χ3n) is 6.47. The smallest absolute Gasteiger partial charge is 0.453 e. The van der Waals surface area contributed by atoms with E-state index >= 15 is 0 Å². The molecule has 0 aromatic heterocycles. The molecule has 1 N–H and O–H groups in total. The van der Waals surface area contributed by atoms with Gasteiger partial charge in [-0.25, -0.2) is 9.59 Å². The van der Waals surface area contributed by atoms with Gasteiger partial charge in [0.2, 0.25) is 0 Å². The number of rotatable bonds is 17. The second kappa shape index (κ2) is 16.6. The van der Waals surface area contributed by atoms with Crippen LogP contribution < -0.4 is 14.2 Å². The monoisotopic (exact) mass is 639 g/mol. The molecule has 3 aromatic carbocycles.